The van der Waals surface area contributed by atoms with Crippen LogP contribution in [0.5, 0.6) is 0 Å². The Morgan fingerprint density at radius 3 is 1.37 bits per heavy atom. The molecule has 0 atom stereocenters. The van der Waals surface area contributed by atoms with Crippen LogP contribution in [0.1, 0.15) is 130 Å². The highest BCUT2D eigenvalue weighted by Gasteiger charge is 2.16. The van der Waals surface area contributed by atoms with Crippen LogP contribution in [0.2, 0.25) is 0 Å². The minimum atomic E-state index is -0.159. The number of unbranched alkanes of at least 4 members (excludes halogenated alkanes) is 15. The Hall–Kier alpha value is -0.730. The number of carbonyl (C=O) groups excluding carboxylic acids is 1. The van der Waals surface area contributed by atoms with Gasteiger partial charge in [-0.25, -0.2) is 4.79 Å². The predicted octanol–water partition coefficient (Wildman–Crippen LogP) is 8.11. The van der Waals surface area contributed by atoms with Crippen molar-refractivity contribution in [3.05, 3.63) is 0 Å². The molecular weight excluding hydrogens is 334 g/mol. The minimum absolute atomic E-state index is 0.159. The van der Waals surface area contributed by atoms with Gasteiger partial charge < -0.3 is 9.64 Å². The summed E-state index contributed by atoms with van der Waals surface area (Å²) in [6, 6.07) is 0.223. The maximum Gasteiger partial charge on any atom is 0.409 e. The molecule has 0 rings (SSSR count). The van der Waals surface area contributed by atoms with Gasteiger partial charge in [0.05, 0.1) is 6.61 Å². The lowest BCUT2D eigenvalue weighted by atomic mass is 10.0. The van der Waals surface area contributed by atoms with Crippen molar-refractivity contribution in [1.82, 2.24) is 4.90 Å². The molecule has 0 saturated heterocycles. The number of hydrogen-bond acceptors (Lipinski definition) is 2. The molecule has 0 aromatic carbocycles. The summed E-state index contributed by atoms with van der Waals surface area (Å²) < 4.78 is 5.13. The zero-order valence-corrected chi connectivity index (χ0v) is 19.1. The smallest absolute Gasteiger partial charge is 0.409 e. The van der Waals surface area contributed by atoms with Gasteiger partial charge in [0.2, 0.25) is 0 Å². The third-order valence-electron chi connectivity index (χ3n) is 5.38. The van der Waals surface area contributed by atoms with Crippen LogP contribution in [0.3, 0.4) is 0 Å². The first-order valence-electron chi connectivity index (χ1n) is 12.1. The van der Waals surface area contributed by atoms with Gasteiger partial charge in [-0.2, -0.15) is 0 Å². The molecule has 1 amide bonds. The molecular formula is C24H49NO2. The molecule has 0 aromatic rings. The number of carbonyl (C=O) groups is 1. The molecule has 27 heavy (non-hydrogen) atoms. The Bertz CT molecular complexity index is 318. The van der Waals surface area contributed by atoms with Crippen molar-refractivity contribution in [3.63, 3.8) is 0 Å². The van der Waals surface area contributed by atoms with Gasteiger partial charge in [-0.15, -0.1) is 0 Å². The second kappa shape index (κ2) is 20.0. The molecule has 0 radical (unpaired) electrons. The van der Waals surface area contributed by atoms with E-state index in [1.807, 2.05) is 11.8 Å². The van der Waals surface area contributed by atoms with Crippen molar-refractivity contribution in [2.75, 3.05) is 13.2 Å². The van der Waals surface area contributed by atoms with Crippen LogP contribution < -0.4 is 0 Å². The standard InChI is InChI=1S/C24H49NO2/c1-5-7-8-9-10-11-12-13-14-15-16-17-18-19-20-21-22-25(23(3)4)24(26)27-6-2/h23H,5-22H2,1-4H3. The number of nitrogens with zero attached hydrogens (tertiary/aromatic N) is 1. The number of hydrogen-bond donors (Lipinski definition) is 0. The van der Waals surface area contributed by atoms with Crippen LogP contribution in [0.4, 0.5) is 4.79 Å². The van der Waals surface area contributed by atoms with Crippen LogP contribution in [-0.4, -0.2) is 30.2 Å². The Kier molecular flexibility index (Phi) is 19.5. The average molecular weight is 384 g/mol. The normalized spacial score (nSPS) is 11.1. The van der Waals surface area contributed by atoms with E-state index in [0.717, 1.165) is 13.0 Å². The van der Waals surface area contributed by atoms with E-state index in [0.29, 0.717) is 6.61 Å². The molecule has 0 bridgehead atoms. The Morgan fingerprint density at radius 2 is 1.04 bits per heavy atom. The quantitative estimate of drug-likeness (QED) is 0.211. The van der Waals surface area contributed by atoms with E-state index in [2.05, 4.69) is 20.8 Å². The third-order valence-corrected chi connectivity index (χ3v) is 5.38. The van der Waals surface area contributed by atoms with Gasteiger partial charge in [0.15, 0.2) is 0 Å². The first-order chi connectivity index (χ1) is 13.1. The monoisotopic (exact) mass is 383 g/mol. The molecule has 0 aliphatic heterocycles. The Labute approximate surface area is 170 Å². The second-order valence-corrected chi connectivity index (χ2v) is 8.29. The van der Waals surface area contributed by atoms with E-state index in [1.54, 1.807) is 0 Å². The van der Waals surface area contributed by atoms with Gasteiger partial charge >= 0.3 is 6.09 Å². The summed E-state index contributed by atoms with van der Waals surface area (Å²) in [6.07, 6.45) is 21.9. The molecule has 0 aliphatic rings. The average Bonchev–Trinajstić information content (AvgIpc) is 2.64. The summed E-state index contributed by atoms with van der Waals surface area (Å²) in [7, 11) is 0. The fourth-order valence-electron chi connectivity index (χ4n) is 3.60. The van der Waals surface area contributed by atoms with Gasteiger partial charge in [-0.1, -0.05) is 103 Å². The minimum Gasteiger partial charge on any atom is -0.450 e. The highest BCUT2D eigenvalue weighted by atomic mass is 16.6. The van der Waals surface area contributed by atoms with Gasteiger partial charge in [0.1, 0.15) is 0 Å². The number of amides is 1. The van der Waals surface area contributed by atoms with E-state index in [4.69, 9.17) is 4.74 Å². The molecule has 3 heteroatoms. The zero-order valence-electron chi connectivity index (χ0n) is 19.1. The maximum absolute atomic E-state index is 11.9. The molecule has 0 N–H and O–H groups in total. The topological polar surface area (TPSA) is 29.5 Å². The Morgan fingerprint density at radius 1 is 0.667 bits per heavy atom. The molecule has 0 unspecified atom stereocenters. The van der Waals surface area contributed by atoms with Gasteiger partial charge in [0.25, 0.3) is 0 Å². The molecule has 0 aliphatic carbocycles. The second-order valence-electron chi connectivity index (χ2n) is 8.29. The lowest BCUT2D eigenvalue weighted by Gasteiger charge is -2.25. The highest BCUT2D eigenvalue weighted by molar-refractivity contribution is 5.67. The van der Waals surface area contributed by atoms with Gasteiger partial charge in [-0.05, 0) is 27.2 Å². The number of rotatable bonds is 19. The van der Waals surface area contributed by atoms with Gasteiger partial charge in [-0.3, -0.25) is 0 Å². The lowest BCUT2D eigenvalue weighted by molar-refractivity contribution is 0.0952. The SMILES string of the molecule is CCCCCCCCCCCCCCCCCCN(C(=O)OCC)C(C)C. The molecule has 0 fully saturated rings. The first-order valence-corrected chi connectivity index (χ1v) is 12.1. The molecule has 0 heterocycles. The van der Waals surface area contributed by atoms with Crippen molar-refractivity contribution in [2.45, 2.75) is 136 Å². The van der Waals surface area contributed by atoms with E-state index in [-0.39, 0.29) is 12.1 Å². The fraction of sp³-hybridized carbons (Fsp3) is 0.958. The van der Waals surface area contributed by atoms with Gasteiger partial charge in [0, 0.05) is 12.6 Å². The summed E-state index contributed by atoms with van der Waals surface area (Å²) in [5.74, 6) is 0. The van der Waals surface area contributed by atoms with Crippen LogP contribution in [0.15, 0.2) is 0 Å². The van der Waals surface area contributed by atoms with Crippen LogP contribution >= 0.6 is 0 Å². The lowest BCUT2D eigenvalue weighted by Crippen LogP contribution is -2.38. The maximum atomic E-state index is 11.9. The van der Waals surface area contributed by atoms with E-state index >= 15 is 0 Å². The highest BCUT2D eigenvalue weighted by Crippen LogP contribution is 2.14. The molecule has 0 spiro atoms. The summed E-state index contributed by atoms with van der Waals surface area (Å²) in [4.78, 5) is 13.7. The summed E-state index contributed by atoms with van der Waals surface area (Å²) >= 11 is 0. The van der Waals surface area contributed by atoms with Crippen molar-refractivity contribution in [1.29, 1.82) is 0 Å². The van der Waals surface area contributed by atoms with E-state index in [9.17, 15) is 4.79 Å². The van der Waals surface area contributed by atoms with Crippen LogP contribution in [0, 0.1) is 0 Å². The van der Waals surface area contributed by atoms with Crippen molar-refractivity contribution >= 4 is 6.09 Å². The molecule has 162 valence electrons. The third kappa shape index (κ3) is 17.1. The van der Waals surface area contributed by atoms with Crippen LogP contribution in [0.25, 0.3) is 0 Å². The summed E-state index contributed by atoms with van der Waals surface area (Å²) in [6.45, 7) is 9.56. The molecule has 0 saturated carbocycles. The van der Waals surface area contributed by atoms with Crippen molar-refractivity contribution in [3.8, 4) is 0 Å². The largest absolute Gasteiger partial charge is 0.450 e. The first kappa shape index (κ1) is 26.3. The van der Waals surface area contributed by atoms with E-state index in [1.165, 1.54) is 96.3 Å². The fourth-order valence-corrected chi connectivity index (χ4v) is 3.60. The van der Waals surface area contributed by atoms with Crippen LogP contribution in [-0.2, 0) is 4.74 Å². The summed E-state index contributed by atoms with van der Waals surface area (Å²) in [5, 5.41) is 0. The van der Waals surface area contributed by atoms with Crippen molar-refractivity contribution in [2.24, 2.45) is 0 Å². The zero-order chi connectivity index (χ0) is 20.2. The van der Waals surface area contributed by atoms with Crippen molar-refractivity contribution < 1.29 is 9.53 Å². The number of ether oxygens (including phenoxy) is 1. The summed E-state index contributed by atoms with van der Waals surface area (Å²) in [5.41, 5.74) is 0. The molecule has 3 nitrogen and oxygen atoms in total. The molecule has 0 aromatic heterocycles. The predicted molar refractivity (Wildman–Crippen MR) is 118 cm³/mol. The van der Waals surface area contributed by atoms with E-state index < -0.39 is 0 Å². The Balaban J connectivity index is 3.34.